The van der Waals surface area contributed by atoms with Crippen molar-refractivity contribution in [2.75, 3.05) is 20.2 Å². The van der Waals surface area contributed by atoms with E-state index in [1.54, 1.807) is 31.5 Å². The largest absolute Gasteiger partial charge is 0.497 e. The molecule has 1 aliphatic rings. The third kappa shape index (κ3) is 4.71. The highest BCUT2D eigenvalue weighted by molar-refractivity contribution is 5.93. The highest BCUT2D eigenvalue weighted by Gasteiger charge is 2.29. The Morgan fingerprint density at radius 2 is 2.00 bits per heavy atom. The molecule has 0 radical (unpaired) electrons. The monoisotopic (exact) mass is 460 g/mol. The smallest absolute Gasteiger partial charge is 0.271 e. The number of amides is 1. The first-order chi connectivity index (χ1) is 16.6. The molecule has 5 rings (SSSR count). The molecule has 1 atom stereocenters. The summed E-state index contributed by atoms with van der Waals surface area (Å²) in [5.41, 5.74) is 2.87. The molecule has 1 saturated heterocycles. The zero-order chi connectivity index (χ0) is 23.5. The predicted molar refractivity (Wildman–Crippen MR) is 124 cm³/mol. The fourth-order valence-electron chi connectivity index (χ4n) is 4.27. The van der Waals surface area contributed by atoms with E-state index in [0.29, 0.717) is 36.8 Å². The lowest BCUT2D eigenvalue weighted by atomic mass is 9.97. The summed E-state index contributed by atoms with van der Waals surface area (Å²) < 4.78 is 24.4. The highest BCUT2D eigenvalue weighted by atomic mass is 19.1. The minimum Gasteiger partial charge on any atom is -0.497 e. The van der Waals surface area contributed by atoms with Crippen LogP contribution < -0.4 is 4.74 Å². The van der Waals surface area contributed by atoms with E-state index in [9.17, 15) is 9.18 Å². The number of hydrogen-bond donors (Lipinski definition) is 1. The van der Waals surface area contributed by atoms with Crippen LogP contribution >= 0.6 is 0 Å². The van der Waals surface area contributed by atoms with E-state index in [-0.39, 0.29) is 17.6 Å². The van der Waals surface area contributed by atoms with E-state index in [0.717, 1.165) is 35.5 Å². The van der Waals surface area contributed by atoms with Gasteiger partial charge in [0.25, 0.3) is 5.91 Å². The number of carbonyl (C=O) groups is 1. The summed E-state index contributed by atoms with van der Waals surface area (Å²) >= 11 is 0. The number of H-pyrrole nitrogens is 1. The van der Waals surface area contributed by atoms with Crippen LogP contribution in [-0.2, 0) is 6.42 Å². The van der Waals surface area contributed by atoms with Gasteiger partial charge in [-0.05, 0) is 60.9 Å². The van der Waals surface area contributed by atoms with Crippen LogP contribution in [0.1, 0.15) is 46.5 Å². The number of aromatic amines is 1. The second-order valence-electron chi connectivity index (χ2n) is 8.45. The van der Waals surface area contributed by atoms with Crippen LogP contribution in [0.15, 0.2) is 65.2 Å². The molecule has 1 amide bonds. The van der Waals surface area contributed by atoms with E-state index >= 15 is 0 Å². The number of benzene rings is 2. The maximum Gasteiger partial charge on any atom is 0.271 e. The van der Waals surface area contributed by atoms with Gasteiger partial charge in [-0.1, -0.05) is 12.1 Å². The second kappa shape index (κ2) is 9.51. The Kier molecular flexibility index (Phi) is 6.12. The fraction of sp³-hybridized carbons (Fsp3) is 0.269. The Balaban J connectivity index is 1.24. The maximum absolute atomic E-state index is 13.2. The molecule has 2 aromatic heterocycles. The number of carbonyl (C=O) groups excluding carboxylic acids is 1. The standard InChI is InChI=1S/C26H25FN4O3/c1-33-21-10-4-17(5-11-21)13-22-15-28-25(34-22)19-3-2-12-31(16-19)26(32)24-14-23(29-30-24)18-6-8-20(27)9-7-18/h4-11,14-15,19H,2-3,12-13,16H2,1H3,(H,29,30). The van der Waals surface area contributed by atoms with Crippen LogP contribution in [0.25, 0.3) is 11.3 Å². The lowest BCUT2D eigenvalue weighted by Crippen LogP contribution is -2.39. The number of likely N-dealkylation sites (tertiary alicyclic amines) is 1. The SMILES string of the molecule is COc1ccc(Cc2cnc(C3CCCN(C(=O)c4cc(-c5ccc(F)cc5)n[nH]4)C3)o2)cc1. The van der Waals surface area contributed by atoms with Crippen LogP contribution in [0.5, 0.6) is 5.75 Å². The van der Waals surface area contributed by atoms with Crippen molar-refractivity contribution in [3.8, 4) is 17.0 Å². The van der Waals surface area contributed by atoms with Crippen molar-refractivity contribution in [3.05, 3.63) is 89.5 Å². The lowest BCUT2D eigenvalue weighted by molar-refractivity contribution is 0.0692. The van der Waals surface area contributed by atoms with Crippen LogP contribution in [0, 0.1) is 5.82 Å². The average Bonchev–Trinajstić information content (AvgIpc) is 3.55. The van der Waals surface area contributed by atoms with Gasteiger partial charge in [-0.3, -0.25) is 9.89 Å². The molecule has 7 nitrogen and oxygen atoms in total. The first-order valence-electron chi connectivity index (χ1n) is 11.3. The number of rotatable bonds is 6. The van der Waals surface area contributed by atoms with Crippen molar-refractivity contribution in [1.29, 1.82) is 0 Å². The second-order valence-corrected chi connectivity index (χ2v) is 8.45. The van der Waals surface area contributed by atoms with Crippen LogP contribution in [-0.4, -0.2) is 46.2 Å². The molecule has 1 aliphatic heterocycles. The van der Waals surface area contributed by atoms with Gasteiger partial charge in [-0.25, -0.2) is 9.37 Å². The molecule has 0 bridgehead atoms. The Hall–Kier alpha value is -3.94. The molecule has 3 heterocycles. The van der Waals surface area contributed by atoms with Crippen molar-refractivity contribution in [1.82, 2.24) is 20.1 Å². The summed E-state index contributed by atoms with van der Waals surface area (Å²) in [6, 6.07) is 15.6. The van der Waals surface area contributed by atoms with Gasteiger partial charge in [0.2, 0.25) is 0 Å². The third-order valence-corrected chi connectivity index (χ3v) is 6.11. The molecule has 1 N–H and O–H groups in total. The summed E-state index contributed by atoms with van der Waals surface area (Å²) in [7, 11) is 1.65. The average molecular weight is 461 g/mol. The van der Waals surface area contributed by atoms with Gasteiger partial charge >= 0.3 is 0 Å². The Morgan fingerprint density at radius 3 is 2.76 bits per heavy atom. The van der Waals surface area contributed by atoms with E-state index in [4.69, 9.17) is 9.15 Å². The molecule has 2 aromatic carbocycles. The molecule has 1 unspecified atom stereocenters. The summed E-state index contributed by atoms with van der Waals surface area (Å²) in [6.07, 6.45) is 4.19. The fourth-order valence-corrected chi connectivity index (χ4v) is 4.27. The first-order valence-corrected chi connectivity index (χ1v) is 11.3. The predicted octanol–water partition coefficient (Wildman–Crippen LogP) is 4.82. The zero-order valence-electron chi connectivity index (χ0n) is 18.8. The van der Waals surface area contributed by atoms with Gasteiger partial charge in [-0.2, -0.15) is 5.10 Å². The maximum atomic E-state index is 13.2. The van der Waals surface area contributed by atoms with Gasteiger partial charge in [0.15, 0.2) is 5.89 Å². The lowest BCUT2D eigenvalue weighted by Gasteiger charge is -2.30. The number of piperidine rings is 1. The summed E-state index contributed by atoms with van der Waals surface area (Å²) in [6.45, 7) is 1.20. The number of ether oxygens (including phenoxy) is 1. The van der Waals surface area contributed by atoms with Gasteiger partial charge < -0.3 is 14.1 Å². The summed E-state index contributed by atoms with van der Waals surface area (Å²) in [5.74, 6) is 1.89. The zero-order valence-corrected chi connectivity index (χ0v) is 18.8. The number of aromatic nitrogens is 3. The van der Waals surface area contributed by atoms with Crippen LogP contribution in [0.4, 0.5) is 4.39 Å². The molecule has 4 aromatic rings. The third-order valence-electron chi connectivity index (χ3n) is 6.11. The normalized spacial score (nSPS) is 15.9. The highest BCUT2D eigenvalue weighted by Crippen LogP contribution is 2.28. The van der Waals surface area contributed by atoms with Crippen molar-refractivity contribution >= 4 is 5.91 Å². The Labute approximate surface area is 196 Å². The number of nitrogens with one attached hydrogen (secondary N) is 1. The number of nitrogens with zero attached hydrogens (tertiary/aromatic N) is 3. The van der Waals surface area contributed by atoms with Gasteiger partial charge in [0, 0.05) is 25.1 Å². The molecule has 34 heavy (non-hydrogen) atoms. The minimum absolute atomic E-state index is 0.0433. The van der Waals surface area contributed by atoms with Crippen LogP contribution in [0.3, 0.4) is 0 Å². The molecular weight excluding hydrogens is 435 g/mol. The Morgan fingerprint density at radius 1 is 1.21 bits per heavy atom. The first kappa shape index (κ1) is 21.9. The summed E-state index contributed by atoms with van der Waals surface area (Å²) in [5, 5.41) is 7.06. The summed E-state index contributed by atoms with van der Waals surface area (Å²) in [4.78, 5) is 19.4. The van der Waals surface area contributed by atoms with E-state index in [1.165, 1.54) is 12.1 Å². The quantitative estimate of drug-likeness (QED) is 0.446. The number of hydrogen-bond acceptors (Lipinski definition) is 5. The van der Waals surface area contributed by atoms with Crippen molar-refractivity contribution in [2.24, 2.45) is 0 Å². The van der Waals surface area contributed by atoms with Crippen molar-refractivity contribution < 1.29 is 18.3 Å². The molecule has 1 fully saturated rings. The number of halogens is 1. The number of oxazole rings is 1. The van der Waals surface area contributed by atoms with Gasteiger partial charge in [0.05, 0.1) is 24.9 Å². The molecule has 0 spiro atoms. The minimum atomic E-state index is -0.311. The topological polar surface area (TPSA) is 84.2 Å². The Bertz CT molecular complexity index is 1260. The van der Waals surface area contributed by atoms with E-state index in [2.05, 4.69) is 15.2 Å². The molecule has 0 aliphatic carbocycles. The van der Waals surface area contributed by atoms with E-state index < -0.39 is 0 Å². The molecule has 0 saturated carbocycles. The van der Waals surface area contributed by atoms with E-state index in [1.807, 2.05) is 29.2 Å². The molecule has 8 heteroatoms. The van der Waals surface area contributed by atoms with Gasteiger partial charge in [-0.15, -0.1) is 0 Å². The van der Waals surface area contributed by atoms with Crippen molar-refractivity contribution in [3.63, 3.8) is 0 Å². The molecule has 174 valence electrons. The van der Waals surface area contributed by atoms with Gasteiger partial charge in [0.1, 0.15) is 23.0 Å². The van der Waals surface area contributed by atoms with Crippen LogP contribution in [0.2, 0.25) is 0 Å². The number of methoxy groups -OCH3 is 1. The molecular formula is C26H25FN4O3. The van der Waals surface area contributed by atoms with Crippen molar-refractivity contribution in [2.45, 2.75) is 25.2 Å².